The first-order valence-electron chi connectivity index (χ1n) is 5.25. The summed E-state index contributed by atoms with van der Waals surface area (Å²) in [5.41, 5.74) is 0.355. The predicted molar refractivity (Wildman–Crippen MR) is 63.1 cm³/mol. The van der Waals surface area contributed by atoms with Gasteiger partial charge in [-0.3, -0.25) is 4.79 Å². The van der Waals surface area contributed by atoms with E-state index in [0.29, 0.717) is 10.3 Å². The van der Waals surface area contributed by atoms with Crippen molar-refractivity contribution in [3.05, 3.63) is 22.7 Å². The highest BCUT2D eigenvalue weighted by Gasteiger charge is 2.16. The van der Waals surface area contributed by atoms with Crippen LogP contribution in [0.15, 0.2) is 17.0 Å². The minimum atomic E-state index is -0.159. The Morgan fingerprint density at radius 2 is 2.38 bits per heavy atom. The molecule has 0 aliphatic carbocycles. The molecule has 6 heteroatoms. The summed E-state index contributed by atoms with van der Waals surface area (Å²) in [4.78, 5) is 19.7. The maximum absolute atomic E-state index is 11.8. The molecule has 1 atom stereocenters. The lowest BCUT2D eigenvalue weighted by Crippen LogP contribution is -2.45. The van der Waals surface area contributed by atoms with E-state index in [1.165, 1.54) is 12.4 Å². The zero-order valence-electron chi connectivity index (χ0n) is 8.74. The second-order valence-corrected chi connectivity index (χ2v) is 4.55. The Bertz CT molecular complexity index is 362. The molecule has 1 amide bonds. The van der Waals surface area contributed by atoms with Gasteiger partial charge in [0.1, 0.15) is 10.3 Å². The third kappa shape index (κ3) is 2.99. The van der Waals surface area contributed by atoms with Crippen molar-refractivity contribution in [3.8, 4) is 0 Å². The van der Waals surface area contributed by atoms with Gasteiger partial charge in [0.15, 0.2) is 0 Å². The van der Waals surface area contributed by atoms with Crippen LogP contribution in [0.25, 0.3) is 0 Å². The van der Waals surface area contributed by atoms with Crippen LogP contribution < -0.4 is 10.6 Å². The highest BCUT2D eigenvalue weighted by Crippen LogP contribution is 2.05. The molecule has 1 fully saturated rings. The third-order valence-electron chi connectivity index (χ3n) is 2.49. The molecule has 0 bridgehead atoms. The molecule has 1 aromatic rings. The average molecular weight is 285 g/mol. The standard InChI is InChI=1S/C10H13BrN4O/c11-9-6-13-8(5-14-9)10(16)15-7-2-1-3-12-4-7/h5-7,12H,1-4H2,(H,15,16). The number of carbonyl (C=O) groups is 1. The Labute approximate surface area is 102 Å². The van der Waals surface area contributed by atoms with Gasteiger partial charge in [-0.15, -0.1) is 0 Å². The van der Waals surface area contributed by atoms with Crippen LogP contribution in [0.2, 0.25) is 0 Å². The van der Waals surface area contributed by atoms with Crippen LogP contribution in [-0.2, 0) is 0 Å². The van der Waals surface area contributed by atoms with E-state index in [9.17, 15) is 4.79 Å². The average Bonchev–Trinajstić information content (AvgIpc) is 2.31. The first kappa shape index (κ1) is 11.5. The molecule has 86 valence electrons. The van der Waals surface area contributed by atoms with Crippen molar-refractivity contribution >= 4 is 21.8 Å². The van der Waals surface area contributed by atoms with Crippen molar-refractivity contribution in [2.24, 2.45) is 0 Å². The maximum Gasteiger partial charge on any atom is 0.271 e. The molecule has 2 N–H and O–H groups in total. The van der Waals surface area contributed by atoms with Gasteiger partial charge in [0.25, 0.3) is 5.91 Å². The summed E-state index contributed by atoms with van der Waals surface area (Å²) in [5.74, 6) is -0.159. The zero-order valence-corrected chi connectivity index (χ0v) is 10.3. The van der Waals surface area contributed by atoms with E-state index in [1.807, 2.05) is 0 Å². The molecule has 1 aromatic heterocycles. The summed E-state index contributed by atoms with van der Waals surface area (Å²) in [6.07, 6.45) is 5.10. The summed E-state index contributed by atoms with van der Waals surface area (Å²) >= 11 is 3.18. The summed E-state index contributed by atoms with van der Waals surface area (Å²) in [7, 11) is 0. The fourth-order valence-corrected chi connectivity index (χ4v) is 1.87. The van der Waals surface area contributed by atoms with Crippen LogP contribution in [0.3, 0.4) is 0 Å². The predicted octanol–water partition coefficient (Wildman–Crippen LogP) is 0.721. The summed E-state index contributed by atoms with van der Waals surface area (Å²) < 4.78 is 0.628. The van der Waals surface area contributed by atoms with Gasteiger partial charge in [0, 0.05) is 12.6 Å². The Morgan fingerprint density at radius 3 is 3.00 bits per heavy atom. The van der Waals surface area contributed by atoms with Crippen LogP contribution in [0.5, 0.6) is 0 Å². The van der Waals surface area contributed by atoms with Gasteiger partial charge in [0.2, 0.25) is 0 Å². The normalized spacial score (nSPS) is 20.4. The number of piperidine rings is 1. The molecule has 2 heterocycles. The number of nitrogens with one attached hydrogen (secondary N) is 2. The Morgan fingerprint density at radius 1 is 1.50 bits per heavy atom. The molecule has 0 saturated carbocycles. The largest absolute Gasteiger partial charge is 0.347 e. The van der Waals surface area contributed by atoms with Crippen molar-refractivity contribution in [1.29, 1.82) is 0 Å². The van der Waals surface area contributed by atoms with Crippen molar-refractivity contribution in [1.82, 2.24) is 20.6 Å². The molecule has 2 rings (SSSR count). The number of amides is 1. The van der Waals surface area contributed by atoms with E-state index in [4.69, 9.17) is 0 Å². The molecule has 1 aliphatic rings. The minimum absolute atomic E-state index is 0.159. The van der Waals surface area contributed by atoms with E-state index in [2.05, 4.69) is 36.5 Å². The Hall–Kier alpha value is -1.01. The van der Waals surface area contributed by atoms with Crippen molar-refractivity contribution in [2.75, 3.05) is 13.1 Å². The smallest absolute Gasteiger partial charge is 0.271 e. The van der Waals surface area contributed by atoms with Gasteiger partial charge in [-0.1, -0.05) is 0 Å². The first-order valence-corrected chi connectivity index (χ1v) is 6.04. The number of hydrogen-bond donors (Lipinski definition) is 2. The van der Waals surface area contributed by atoms with Gasteiger partial charge in [-0.2, -0.15) is 0 Å². The second kappa shape index (κ2) is 5.36. The van der Waals surface area contributed by atoms with E-state index < -0.39 is 0 Å². The van der Waals surface area contributed by atoms with E-state index in [-0.39, 0.29) is 11.9 Å². The molecular formula is C10H13BrN4O. The van der Waals surface area contributed by atoms with Gasteiger partial charge in [-0.05, 0) is 35.3 Å². The monoisotopic (exact) mass is 284 g/mol. The zero-order chi connectivity index (χ0) is 11.4. The lowest BCUT2D eigenvalue weighted by Gasteiger charge is -2.23. The van der Waals surface area contributed by atoms with Gasteiger partial charge in [-0.25, -0.2) is 9.97 Å². The van der Waals surface area contributed by atoms with Crippen LogP contribution in [0.4, 0.5) is 0 Å². The van der Waals surface area contributed by atoms with Gasteiger partial charge < -0.3 is 10.6 Å². The molecular weight excluding hydrogens is 272 g/mol. The molecule has 5 nitrogen and oxygen atoms in total. The third-order valence-corrected chi connectivity index (χ3v) is 2.89. The highest BCUT2D eigenvalue weighted by molar-refractivity contribution is 9.10. The summed E-state index contributed by atoms with van der Waals surface area (Å²) in [6.45, 7) is 1.86. The van der Waals surface area contributed by atoms with Gasteiger partial charge in [0.05, 0.1) is 12.4 Å². The second-order valence-electron chi connectivity index (χ2n) is 3.74. The number of carbonyl (C=O) groups excluding carboxylic acids is 1. The molecule has 1 saturated heterocycles. The SMILES string of the molecule is O=C(NC1CCCNC1)c1cnc(Br)cn1. The van der Waals surface area contributed by atoms with Crippen LogP contribution >= 0.6 is 15.9 Å². The highest BCUT2D eigenvalue weighted by atomic mass is 79.9. The number of aromatic nitrogens is 2. The Kier molecular flexibility index (Phi) is 3.84. The molecule has 1 aliphatic heterocycles. The Balaban J connectivity index is 1.94. The number of halogens is 1. The lowest BCUT2D eigenvalue weighted by molar-refractivity contribution is 0.0925. The van der Waals surface area contributed by atoms with Crippen molar-refractivity contribution in [3.63, 3.8) is 0 Å². The minimum Gasteiger partial charge on any atom is -0.347 e. The number of hydrogen-bond acceptors (Lipinski definition) is 4. The van der Waals surface area contributed by atoms with E-state index >= 15 is 0 Å². The first-order chi connectivity index (χ1) is 7.75. The molecule has 0 aromatic carbocycles. The van der Waals surface area contributed by atoms with Crippen LogP contribution in [0.1, 0.15) is 23.3 Å². The fraction of sp³-hybridized carbons (Fsp3) is 0.500. The lowest BCUT2D eigenvalue weighted by atomic mass is 10.1. The molecule has 1 unspecified atom stereocenters. The fourth-order valence-electron chi connectivity index (χ4n) is 1.66. The van der Waals surface area contributed by atoms with Crippen molar-refractivity contribution in [2.45, 2.75) is 18.9 Å². The van der Waals surface area contributed by atoms with Crippen molar-refractivity contribution < 1.29 is 4.79 Å². The van der Waals surface area contributed by atoms with E-state index in [0.717, 1.165) is 25.9 Å². The summed E-state index contributed by atoms with van der Waals surface area (Å²) in [5, 5.41) is 6.18. The molecule has 16 heavy (non-hydrogen) atoms. The quantitative estimate of drug-likeness (QED) is 0.840. The maximum atomic E-state index is 11.8. The molecule has 0 spiro atoms. The van der Waals surface area contributed by atoms with Crippen LogP contribution in [0, 0.1) is 0 Å². The van der Waals surface area contributed by atoms with Gasteiger partial charge >= 0.3 is 0 Å². The number of nitrogens with zero attached hydrogens (tertiary/aromatic N) is 2. The molecule has 0 radical (unpaired) electrons. The van der Waals surface area contributed by atoms with E-state index in [1.54, 1.807) is 0 Å². The summed E-state index contributed by atoms with van der Waals surface area (Å²) in [6, 6.07) is 0.201. The number of rotatable bonds is 2. The topological polar surface area (TPSA) is 66.9 Å². The van der Waals surface area contributed by atoms with Crippen LogP contribution in [-0.4, -0.2) is 35.0 Å².